The molecule has 0 radical (unpaired) electrons. The van der Waals surface area contributed by atoms with E-state index in [1.165, 1.54) is 11.1 Å². The normalized spacial score (nSPS) is 23.6. The van der Waals surface area contributed by atoms with Crippen LogP contribution < -0.4 is 0 Å². The smallest absolute Gasteiger partial charge is 0.226 e. The van der Waals surface area contributed by atoms with Crippen molar-refractivity contribution < 1.29 is 9.63 Å². The van der Waals surface area contributed by atoms with Gasteiger partial charge < -0.3 is 9.63 Å². The van der Waals surface area contributed by atoms with Gasteiger partial charge in [-0.05, 0) is 36.9 Å². The minimum absolute atomic E-state index is 0.0979. The van der Waals surface area contributed by atoms with Crippen molar-refractivity contribution in [1.82, 2.24) is 19.9 Å². The van der Waals surface area contributed by atoms with Crippen molar-refractivity contribution in [2.45, 2.75) is 57.8 Å². The van der Waals surface area contributed by atoms with Crippen LogP contribution in [0.4, 0.5) is 0 Å². The highest BCUT2D eigenvalue weighted by Crippen LogP contribution is 2.29. The number of hydrogen-bond acceptors (Lipinski definition) is 6. The van der Waals surface area contributed by atoms with Crippen LogP contribution in [-0.2, 0) is 25.8 Å². The van der Waals surface area contributed by atoms with Crippen molar-refractivity contribution in [2.75, 3.05) is 20.1 Å². The summed E-state index contributed by atoms with van der Waals surface area (Å²) in [5.41, 5.74) is 2.91. The van der Waals surface area contributed by atoms with Crippen molar-refractivity contribution >= 4 is 0 Å². The molecule has 1 fully saturated rings. The lowest BCUT2D eigenvalue weighted by Crippen LogP contribution is -2.41. The van der Waals surface area contributed by atoms with Crippen LogP contribution in [0.25, 0.3) is 0 Å². The first-order valence-corrected chi connectivity index (χ1v) is 10.00. The van der Waals surface area contributed by atoms with E-state index in [1.807, 2.05) is 7.05 Å². The van der Waals surface area contributed by atoms with E-state index in [2.05, 4.69) is 58.1 Å². The van der Waals surface area contributed by atoms with E-state index in [1.54, 1.807) is 0 Å². The largest absolute Gasteiger partial charge is 0.390 e. The first-order valence-electron chi connectivity index (χ1n) is 10.00. The van der Waals surface area contributed by atoms with E-state index in [0.717, 1.165) is 32.4 Å². The quantitative estimate of drug-likeness (QED) is 0.838. The summed E-state index contributed by atoms with van der Waals surface area (Å²) >= 11 is 0. The average molecular weight is 370 g/mol. The number of β-amino-alcohol motifs (C(OH)–C–C–N with tert-alkyl or cyclic N) is 1. The van der Waals surface area contributed by atoms with Crippen LogP contribution in [-0.4, -0.2) is 63.4 Å². The molecule has 146 valence electrons. The number of fused-ring (bicyclic) bond motifs is 1. The predicted octanol–water partition coefficient (Wildman–Crippen LogP) is 1.91. The number of hydrogen-bond donors (Lipinski definition) is 1. The molecule has 0 spiro atoms. The van der Waals surface area contributed by atoms with Crippen LogP contribution in [0, 0.1) is 5.92 Å². The minimum atomic E-state index is -0.347. The number of aliphatic hydroxyl groups is 1. The Morgan fingerprint density at radius 2 is 1.93 bits per heavy atom. The summed E-state index contributed by atoms with van der Waals surface area (Å²) in [5.74, 6) is 1.90. The first-order chi connectivity index (χ1) is 13.0. The standard InChI is InChI=1S/C21H30N4O2/c1-14(2)8-21-22-20(23-27-21)13-24(3)18-11-25(12-19(18)26)17-9-15-6-4-5-7-16(15)10-17/h4-7,14,17-19,26H,8-13H2,1-3H3/t18-,19-/m0/s1. The van der Waals surface area contributed by atoms with Gasteiger partial charge in [0.05, 0.1) is 12.6 Å². The molecule has 1 aliphatic carbocycles. The summed E-state index contributed by atoms with van der Waals surface area (Å²) in [7, 11) is 2.04. The Morgan fingerprint density at radius 1 is 1.22 bits per heavy atom. The molecule has 27 heavy (non-hydrogen) atoms. The molecule has 1 N–H and O–H groups in total. The van der Waals surface area contributed by atoms with Crippen molar-refractivity contribution in [3.63, 3.8) is 0 Å². The van der Waals surface area contributed by atoms with Gasteiger partial charge in [-0.1, -0.05) is 43.3 Å². The number of rotatable bonds is 6. The lowest BCUT2D eigenvalue weighted by atomic mass is 10.1. The van der Waals surface area contributed by atoms with Crippen molar-refractivity contribution in [1.29, 1.82) is 0 Å². The molecule has 1 aromatic heterocycles. The average Bonchev–Trinajstić information content (AvgIpc) is 3.32. The third-order valence-corrected chi connectivity index (χ3v) is 5.88. The minimum Gasteiger partial charge on any atom is -0.390 e. The highest BCUT2D eigenvalue weighted by molar-refractivity contribution is 5.33. The van der Waals surface area contributed by atoms with Crippen molar-refractivity contribution in [2.24, 2.45) is 5.92 Å². The van der Waals surface area contributed by atoms with Crippen LogP contribution in [0.5, 0.6) is 0 Å². The van der Waals surface area contributed by atoms with E-state index in [9.17, 15) is 5.11 Å². The first kappa shape index (κ1) is 18.6. The van der Waals surface area contributed by atoms with Gasteiger partial charge in [0.15, 0.2) is 5.82 Å². The second-order valence-electron chi connectivity index (χ2n) is 8.54. The Morgan fingerprint density at radius 3 is 2.59 bits per heavy atom. The van der Waals surface area contributed by atoms with E-state index >= 15 is 0 Å². The van der Waals surface area contributed by atoms with Crippen LogP contribution in [0.3, 0.4) is 0 Å². The van der Waals surface area contributed by atoms with Crippen LogP contribution in [0.15, 0.2) is 28.8 Å². The molecule has 0 saturated carbocycles. The predicted molar refractivity (Wildman–Crippen MR) is 103 cm³/mol. The van der Waals surface area contributed by atoms with Crippen LogP contribution in [0.1, 0.15) is 36.7 Å². The van der Waals surface area contributed by atoms with Gasteiger partial charge >= 0.3 is 0 Å². The maximum absolute atomic E-state index is 10.7. The van der Waals surface area contributed by atoms with Gasteiger partial charge in [0.1, 0.15) is 0 Å². The molecule has 0 bridgehead atoms. The van der Waals surface area contributed by atoms with Gasteiger partial charge in [0.2, 0.25) is 5.89 Å². The molecule has 1 aromatic carbocycles. The molecule has 6 nitrogen and oxygen atoms in total. The zero-order valence-corrected chi connectivity index (χ0v) is 16.5. The third-order valence-electron chi connectivity index (χ3n) is 5.88. The maximum Gasteiger partial charge on any atom is 0.226 e. The number of aromatic nitrogens is 2. The molecule has 0 unspecified atom stereocenters. The molecule has 1 aliphatic heterocycles. The fourth-order valence-corrected chi connectivity index (χ4v) is 4.45. The monoisotopic (exact) mass is 370 g/mol. The van der Waals surface area contributed by atoms with E-state index in [0.29, 0.717) is 30.2 Å². The molecule has 2 aromatic rings. The Kier molecular flexibility index (Phi) is 5.30. The SMILES string of the molecule is CC(C)Cc1nc(CN(C)[C@H]2CN(C3Cc4ccccc4C3)C[C@@H]2O)no1. The fourth-order valence-electron chi connectivity index (χ4n) is 4.45. The highest BCUT2D eigenvalue weighted by Gasteiger charge is 2.39. The van der Waals surface area contributed by atoms with Gasteiger partial charge in [-0.3, -0.25) is 9.80 Å². The van der Waals surface area contributed by atoms with Crippen LogP contribution >= 0.6 is 0 Å². The van der Waals surface area contributed by atoms with E-state index in [-0.39, 0.29) is 12.1 Å². The number of benzene rings is 1. The molecule has 4 rings (SSSR count). The molecule has 2 aliphatic rings. The van der Waals surface area contributed by atoms with E-state index in [4.69, 9.17) is 4.52 Å². The molecular weight excluding hydrogens is 340 g/mol. The van der Waals surface area contributed by atoms with E-state index < -0.39 is 0 Å². The van der Waals surface area contributed by atoms with Crippen molar-refractivity contribution in [3.8, 4) is 0 Å². The third kappa shape index (κ3) is 4.08. The summed E-state index contributed by atoms with van der Waals surface area (Å²) in [5, 5.41) is 14.8. The van der Waals surface area contributed by atoms with Gasteiger partial charge in [0.25, 0.3) is 0 Å². The Balaban J connectivity index is 1.35. The van der Waals surface area contributed by atoms with Gasteiger partial charge in [0, 0.05) is 31.6 Å². The summed E-state index contributed by atoms with van der Waals surface area (Å²) in [4.78, 5) is 9.11. The number of aliphatic hydroxyl groups excluding tert-OH is 1. The Hall–Kier alpha value is -1.76. The summed E-state index contributed by atoms with van der Waals surface area (Å²) < 4.78 is 5.34. The summed E-state index contributed by atoms with van der Waals surface area (Å²) in [6.45, 7) is 6.50. The second-order valence-corrected chi connectivity index (χ2v) is 8.54. The lowest BCUT2D eigenvalue weighted by molar-refractivity contribution is 0.0927. The molecule has 6 heteroatoms. The fraction of sp³-hybridized carbons (Fsp3) is 0.619. The molecule has 1 saturated heterocycles. The topological polar surface area (TPSA) is 65.6 Å². The van der Waals surface area contributed by atoms with Gasteiger partial charge in [-0.25, -0.2) is 0 Å². The highest BCUT2D eigenvalue weighted by atomic mass is 16.5. The number of nitrogens with zero attached hydrogens (tertiary/aromatic N) is 4. The van der Waals surface area contributed by atoms with Crippen molar-refractivity contribution in [3.05, 3.63) is 47.1 Å². The lowest BCUT2D eigenvalue weighted by Gasteiger charge is -2.26. The second kappa shape index (κ2) is 7.70. The molecular formula is C21H30N4O2. The van der Waals surface area contributed by atoms with Gasteiger partial charge in [-0.15, -0.1) is 0 Å². The molecule has 2 atom stereocenters. The summed E-state index contributed by atoms with van der Waals surface area (Å²) in [6, 6.07) is 9.30. The zero-order chi connectivity index (χ0) is 19.0. The zero-order valence-electron chi connectivity index (χ0n) is 16.5. The summed E-state index contributed by atoms with van der Waals surface area (Å²) in [6.07, 6.45) is 2.63. The number of likely N-dealkylation sites (N-methyl/N-ethyl adjacent to an activating group) is 1. The Labute approximate surface area is 161 Å². The maximum atomic E-state index is 10.7. The van der Waals surface area contributed by atoms with Gasteiger partial charge in [-0.2, -0.15) is 4.98 Å². The number of likely N-dealkylation sites (tertiary alicyclic amines) is 1. The van der Waals surface area contributed by atoms with Crippen LogP contribution in [0.2, 0.25) is 0 Å². The Bertz CT molecular complexity index is 750. The molecule has 0 amide bonds. The molecule has 2 heterocycles.